The summed E-state index contributed by atoms with van der Waals surface area (Å²) in [5, 5.41) is 19.9. The zero-order chi connectivity index (χ0) is 25.6. The Labute approximate surface area is 206 Å². The van der Waals surface area contributed by atoms with E-state index in [1.165, 1.54) is 23.8 Å². The Bertz CT molecular complexity index is 1460. The summed E-state index contributed by atoms with van der Waals surface area (Å²) in [6.07, 6.45) is 3.61. The Morgan fingerprint density at radius 3 is 2.97 bits per heavy atom. The molecule has 14 nitrogen and oxygen atoms in total. The fraction of sp³-hybridized carbons (Fsp3) is 0.286. The van der Waals surface area contributed by atoms with Crippen LogP contribution in [0.5, 0.6) is 0 Å². The predicted molar refractivity (Wildman–Crippen MR) is 123 cm³/mol. The van der Waals surface area contributed by atoms with Crippen LogP contribution in [0.25, 0.3) is 11.0 Å². The van der Waals surface area contributed by atoms with Gasteiger partial charge in [-0.15, -0.1) is 11.8 Å². The fourth-order valence-corrected chi connectivity index (χ4v) is 5.43. The van der Waals surface area contributed by atoms with Gasteiger partial charge < -0.3 is 29.9 Å². The predicted octanol–water partition coefficient (Wildman–Crippen LogP) is -0.217. The minimum atomic E-state index is -1.23. The molecule has 0 saturated carbocycles. The summed E-state index contributed by atoms with van der Waals surface area (Å²) in [7, 11) is 1.22. The van der Waals surface area contributed by atoms with Crippen molar-refractivity contribution >= 4 is 52.2 Å². The number of oxime groups is 1. The number of nitrogen functional groups attached to an aromatic ring is 1. The van der Waals surface area contributed by atoms with Crippen LogP contribution in [0.4, 0.5) is 6.01 Å². The molecule has 0 aliphatic carbocycles. The molecule has 0 aromatic carbocycles. The molecule has 36 heavy (non-hydrogen) atoms. The van der Waals surface area contributed by atoms with E-state index < -0.39 is 29.2 Å². The first-order chi connectivity index (χ1) is 17.3. The van der Waals surface area contributed by atoms with E-state index in [4.69, 9.17) is 10.2 Å². The van der Waals surface area contributed by atoms with Crippen LogP contribution in [-0.2, 0) is 25.8 Å². The number of nitrogens with one attached hydrogen (secondary N) is 1. The van der Waals surface area contributed by atoms with E-state index in [-0.39, 0.29) is 29.8 Å². The number of β-lactam (4-membered cyclic amide) rings is 1. The lowest BCUT2D eigenvalue weighted by molar-refractivity contribution is -0.688. The highest BCUT2D eigenvalue weighted by Crippen LogP contribution is 2.40. The summed E-state index contributed by atoms with van der Waals surface area (Å²) >= 11 is 1.34. The second-order valence-corrected chi connectivity index (χ2v) is 9.10. The highest BCUT2D eigenvalue weighted by atomic mass is 32.2. The van der Waals surface area contributed by atoms with Gasteiger partial charge in [0.15, 0.2) is 18.3 Å². The van der Waals surface area contributed by atoms with Crippen LogP contribution < -0.4 is 15.6 Å². The van der Waals surface area contributed by atoms with Crippen LogP contribution in [0, 0.1) is 6.92 Å². The number of aromatic nitrogens is 3. The summed E-state index contributed by atoms with van der Waals surface area (Å²) in [4.78, 5) is 47.5. The number of aliphatic carboxylic acids is 1. The lowest BCUT2D eigenvalue weighted by Gasteiger charge is -2.49. The number of carbonyl (C=O) groups is 3. The second-order valence-electron chi connectivity index (χ2n) is 7.99. The molecule has 2 aliphatic rings. The van der Waals surface area contributed by atoms with E-state index in [0.717, 1.165) is 11.1 Å². The molecule has 15 heteroatoms. The molecule has 5 rings (SSSR count). The number of furan rings is 1. The third-order valence-corrected chi connectivity index (χ3v) is 6.94. The molecule has 5 heterocycles. The number of hydrogen-bond acceptors (Lipinski definition) is 11. The minimum absolute atomic E-state index is 0.103. The van der Waals surface area contributed by atoms with Crippen molar-refractivity contribution in [3.8, 4) is 0 Å². The largest absolute Gasteiger partial charge is 0.477 e. The molecule has 0 spiro atoms. The number of amides is 2. The number of nitrogens with two attached hydrogens (primary N) is 1. The van der Waals surface area contributed by atoms with Crippen LogP contribution in [0.15, 0.2) is 49.9 Å². The number of rotatable bonds is 7. The normalized spacial score (nSPS) is 19.8. The third-order valence-electron chi connectivity index (χ3n) is 5.60. The first kappa shape index (κ1) is 23.3. The Balaban J connectivity index is 1.36. The second kappa shape index (κ2) is 8.99. The number of carboxylic acid groups (broad SMARTS) is 1. The lowest BCUT2D eigenvalue weighted by Crippen LogP contribution is -2.71. The molecule has 1 unspecified atom stereocenters. The van der Waals surface area contributed by atoms with Crippen molar-refractivity contribution in [3.63, 3.8) is 0 Å². The van der Waals surface area contributed by atoms with Gasteiger partial charge in [-0.1, -0.05) is 10.3 Å². The van der Waals surface area contributed by atoms with Gasteiger partial charge in [0.05, 0.1) is 0 Å². The van der Waals surface area contributed by atoms with Gasteiger partial charge in [-0.05, 0) is 13.0 Å². The van der Waals surface area contributed by atoms with Gasteiger partial charge in [0.1, 0.15) is 30.0 Å². The SMILES string of the molecule is CON=C(C(=O)NC1C(=O)N2C(C(=O)O)=C(C[n+]3ccc4cc(C)oc4c3)CS[C@@H]12)c1noc(N)n1. The maximum absolute atomic E-state index is 13.0. The van der Waals surface area contributed by atoms with Crippen LogP contribution in [-0.4, -0.2) is 67.9 Å². The maximum atomic E-state index is 13.0. The van der Waals surface area contributed by atoms with Gasteiger partial charge in [-0.2, -0.15) is 9.55 Å². The van der Waals surface area contributed by atoms with E-state index in [2.05, 4.69) is 30.0 Å². The van der Waals surface area contributed by atoms with Crippen molar-refractivity contribution in [3.05, 3.63) is 47.4 Å². The molecule has 0 radical (unpaired) electrons. The molecule has 2 aliphatic heterocycles. The zero-order valence-electron chi connectivity index (χ0n) is 19.0. The number of hydrogen-bond donors (Lipinski definition) is 3. The number of nitrogens with zero attached hydrogens (tertiary/aromatic N) is 5. The van der Waals surface area contributed by atoms with Crippen molar-refractivity contribution in [2.24, 2.45) is 5.16 Å². The fourth-order valence-electron chi connectivity index (χ4n) is 4.09. The summed E-state index contributed by atoms with van der Waals surface area (Å²) in [6.45, 7) is 2.10. The minimum Gasteiger partial charge on any atom is -0.477 e. The number of pyridine rings is 1. The molecule has 2 amide bonds. The molecular weight excluding hydrogens is 494 g/mol. The first-order valence-corrected chi connectivity index (χ1v) is 11.6. The third kappa shape index (κ3) is 4.02. The van der Waals surface area contributed by atoms with Crippen molar-refractivity contribution in [2.45, 2.75) is 24.9 Å². The Morgan fingerprint density at radius 2 is 2.28 bits per heavy atom. The topological polar surface area (TPSA) is 190 Å². The highest BCUT2D eigenvalue weighted by molar-refractivity contribution is 8.00. The molecule has 3 aromatic heterocycles. The molecule has 4 N–H and O–H groups in total. The quantitative estimate of drug-likeness (QED) is 0.164. The Hall–Kier alpha value is -4.40. The first-order valence-electron chi connectivity index (χ1n) is 10.6. The van der Waals surface area contributed by atoms with Gasteiger partial charge in [0, 0.05) is 22.8 Å². The van der Waals surface area contributed by atoms with Gasteiger partial charge >= 0.3 is 12.0 Å². The average molecular weight is 515 g/mol. The molecule has 2 atom stereocenters. The lowest BCUT2D eigenvalue weighted by atomic mass is 10.0. The van der Waals surface area contributed by atoms with Crippen molar-refractivity contribution in [2.75, 3.05) is 18.6 Å². The molecule has 1 fully saturated rings. The number of anilines is 1. The number of fused-ring (bicyclic) bond motifs is 2. The molecular formula is C21H20N7O7S+. The van der Waals surface area contributed by atoms with Crippen LogP contribution in [0.1, 0.15) is 11.6 Å². The van der Waals surface area contributed by atoms with E-state index in [1.807, 2.05) is 25.3 Å². The summed E-state index contributed by atoms with van der Waals surface area (Å²) in [5.41, 5.74) is 6.18. The Kier molecular flexibility index (Phi) is 5.83. The van der Waals surface area contributed by atoms with Gasteiger partial charge in [0.25, 0.3) is 11.8 Å². The monoisotopic (exact) mass is 514 g/mol. The maximum Gasteiger partial charge on any atom is 0.352 e. The summed E-state index contributed by atoms with van der Waals surface area (Å²) < 4.78 is 12.1. The number of carbonyl (C=O) groups excluding carboxylic acids is 2. The van der Waals surface area contributed by atoms with Crippen LogP contribution in [0.2, 0.25) is 0 Å². The molecule has 0 bridgehead atoms. The molecule has 3 aromatic rings. The molecule has 1 saturated heterocycles. The van der Waals surface area contributed by atoms with E-state index in [9.17, 15) is 19.5 Å². The van der Waals surface area contributed by atoms with Gasteiger partial charge in [0.2, 0.25) is 17.7 Å². The van der Waals surface area contributed by atoms with Crippen molar-refractivity contribution in [1.82, 2.24) is 20.4 Å². The number of thioether (sulfide) groups is 1. The van der Waals surface area contributed by atoms with Crippen molar-refractivity contribution in [1.29, 1.82) is 0 Å². The zero-order valence-corrected chi connectivity index (χ0v) is 19.8. The molecule has 186 valence electrons. The average Bonchev–Trinajstić information content (AvgIpc) is 3.44. The summed E-state index contributed by atoms with van der Waals surface area (Å²) in [6, 6.07) is 2.52. The number of carboxylic acids is 1. The smallest absolute Gasteiger partial charge is 0.352 e. The van der Waals surface area contributed by atoms with Gasteiger partial charge in [-0.3, -0.25) is 14.5 Å². The van der Waals surface area contributed by atoms with E-state index in [0.29, 0.717) is 16.9 Å². The van der Waals surface area contributed by atoms with Crippen molar-refractivity contribution < 1.29 is 37.8 Å². The van der Waals surface area contributed by atoms with Crippen LogP contribution >= 0.6 is 11.8 Å². The van der Waals surface area contributed by atoms with E-state index >= 15 is 0 Å². The highest BCUT2D eigenvalue weighted by Gasteiger charge is 2.55. The number of aryl methyl sites for hydroxylation is 1. The van der Waals surface area contributed by atoms with Crippen LogP contribution in [0.3, 0.4) is 0 Å². The van der Waals surface area contributed by atoms with Gasteiger partial charge in [-0.25, -0.2) is 4.79 Å². The standard InChI is InChI=1S/C21H19N7O7S/c1-9-5-10-3-4-27(7-12(10)34-9)6-11-8-36-19-14(18(30)28(19)15(11)20(31)32)23-17(29)13(25-33-2)16-24-21(22)35-26-16/h3-5,7,14,19H,6,8H2,1-2H3,(H3-,22,23,24,26,29,31,32)/p+1/t14?,19-/m0/s1. The van der Waals surface area contributed by atoms with E-state index in [1.54, 1.807) is 10.8 Å². The summed E-state index contributed by atoms with van der Waals surface area (Å²) in [5.74, 6) is -1.72. The Morgan fingerprint density at radius 1 is 1.47 bits per heavy atom.